The molecule has 0 radical (unpaired) electrons. The Hall–Kier alpha value is -0.120. The van der Waals surface area contributed by atoms with Gasteiger partial charge in [-0.1, -0.05) is 13.8 Å². The molecule has 3 nitrogen and oxygen atoms in total. The van der Waals surface area contributed by atoms with Gasteiger partial charge in [0.05, 0.1) is 5.60 Å². The van der Waals surface area contributed by atoms with Crippen molar-refractivity contribution in [2.24, 2.45) is 11.7 Å². The summed E-state index contributed by atoms with van der Waals surface area (Å²) in [5, 5.41) is 10.3. The van der Waals surface area contributed by atoms with Gasteiger partial charge in [-0.3, -0.25) is 0 Å². The maximum atomic E-state index is 10.3. The highest BCUT2D eigenvalue weighted by molar-refractivity contribution is 4.84. The Labute approximate surface area is 100 Å². The van der Waals surface area contributed by atoms with Crippen LogP contribution in [0.4, 0.5) is 0 Å². The van der Waals surface area contributed by atoms with E-state index in [-0.39, 0.29) is 6.04 Å². The second-order valence-corrected chi connectivity index (χ2v) is 5.43. The van der Waals surface area contributed by atoms with Crippen LogP contribution in [0, 0.1) is 5.92 Å². The molecule has 3 N–H and O–H groups in total. The Kier molecular flexibility index (Phi) is 5.22. The summed E-state index contributed by atoms with van der Waals surface area (Å²) in [5.74, 6) is 0.603. The maximum Gasteiger partial charge on any atom is 0.0768 e. The quantitative estimate of drug-likeness (QED) is 0.751. The third-order valence-corrected chi connectivity index (χ3v) is 4.12. The molecule has 0 aromatic carbocycles. The lowest BCUT2D eigenvalue weighted by Crippen LogP contribution is -2.49. The Morgan fingerprint density at radius 2 is 2.06 bits per heavy atom. The molecule has 0 aromatic heterocycles. The zero-order valence-electron chi connectivity index (χ0n) is 11.1. The maximum absolute atomic E-state index is 10.3. The van der Waals surface area contributed by atoms with E-state index in [9.17, 15) is 5.11 Å². The average Bonchev–Trinajstić information content (AvgIpc) is 2.29. The third kappa shape index (κ3) is 3.72. The molecule has 2 unspecified atom stereocenters. The van der Waals surface area contributed by atoms with E-state index < -0.39 is 5.60 Å². The highest BCUT2D eigenvalue weighted by atomic mass is 16.3. The summed E-state index contributed by atoms with van der Waals surface area (Å²) < 4.78 is 0. The highest BCUT2D eigenvalue weighted by Crippen LogP contribution is 2.23. The molecule has 0 aromatic rings. The largest absolute Gasteiger partial charge is 0.389 e. The van der Waals surface area contributed by atoms with E-state index in [4.69, 9.17) is 5.73 Å². The molecule has 0 spiro atoms. The summed E-state index contributed by atoms with van der Waals surface area (Å²) in [6.45, 7) is 9.21. The Balaban J connectivity index is 2.48. The van der Waals surface area contributed by atoms with Crippen molar-refractivity contribution in [3.63, 3.8) is 0 Å². The molecule has 0 aliphatic carbocycles. The lowest BCUT2D eigenvalue weighted by atomic mass is 9.90. The summed E-state index contributed by atoms with van der Waals surface area (Å²) >= 11 is 0. The smallest absolute Gasteiger partial charge is 0.0768 e. The summed E-state index contributed by atoms with van der Waals surface area (Å²) in [5.41, 5.74) is 5.47. The van der Waals surface area contributed by atoms with Crippen molar-refractivity contribution in [2.75, 3.05) is 19.6 Å². The van der Waals surface area contributed by atoms with Gasteiger partial charge < -0.3 is 15.7 Å². The van der Waals surface area contributed by atoms with Gasteiger partial charge >= 0.3 is 0 Å². The minimum absolute atomic E-state index is 0.277. The van der Waals surface area contributed by atoms with Gasteiger partial charge in [0.25, 0.3) is 0 Å². The van der Waals surface area contributed by atoms with Crippen molar-refractivity contribution in [3.05, 3.63) is 0 Å². The van der Waals surface area contributed by atoms with Crippen molar-refractivity contribution >= 4 is 0 Å². The first kappa shape index (κ1) is 13.9. The molecule has 96 valence electrons. The van der Waals surface area contributed by atoms with Crippen molar-refractivity contribution in [3.8, 4) is 0 Å². The van der Waals surface area contributed by atoms with Gasteiger partial charge in [-0.15, -0.1) is 0 Å². The first-order valence-corrected chi connectivity index (χ1v) is 6.71. The Bertz CT molecular complexity index is 202. The van der Waals surface area contributed by atoms with Crippen LogP contribution in [0.3, 0.4) is 0 Å². The minimum atomic E-state index is -0.500. The lowest BCUT2D eigenvalue weighted by Gasteiger charge is -2.39. The number of nitrogens with two attached hydrogens (primary N) is 1. The first-order valence-electron chi connectivity index (χ1n) is 6.71. The van der Waals surface area contributed by atoms with E-state index in [0.29, 0.717) is 5.92 Å². The number of hydrogen-bond acceptors (Lipinski definition) is 3. The topological polar surface area (TPSA) is 49.5 Å². The summed E-state index contributed by atoms with van der Waals surface area (Å²) in [6.07, 6.45) is 4.13. The number of nitrogens with zero attached hydrogens (tertiary/aromatic N) is 1. The fraction of sp³-hybridized carbons (Fsp3) is 1.00. The van der Waals surface area contributed by atoms with Crippen LogP contribution in [0.15, 0.2) is 0 Å². The summed E-state index contributed by atoms with van der Waals surface area (Å²) in [4.78, 5) is 2.39. The molecule has 1 saturated heterocycles. The van der Waals surface area contributed by atoms with Gasteiger partial charge in [-0.25, -0.2) is 0 Å². The van der Waals surface area contributed by atoms with Gasteiger partial charge in [0.1, 0.15) is 0 Å². The molecular weight excluding hydrogens is 200 g/mol. The number of likely N-dealkylation sites (tertiary alicyclic amines) is 1. The van der Waals surface area contributed by atoms with Gasteiger partial charge in [-0.2, -0.15) is 0 Å². The molecule has 1 aliphatic rings. The molecule has 3 heteroatoms. The van der Waals surface area contributed by atoms with Crippen LogP contribution in [0.2, 0.25) is 0 Å². The van der Waals surface area contributed by atoms with E-state index in [1.165, 1.54) is 12.8 Å². The zero-order valence-corrected chi connectivity index (χ0v) is 11.1. The average molecular weight is 228 g/mol. The van der Waals surface area contributed by atoms with E-state index in [0.717, 1.165) is 32.5 Å². The number of hydrogen-bond donors (Lipinski definition) is 2. The van der Waals surface area contributed by atoms with Crippen LogP contribution in [0.25, 0.3) is 0 Å². The number of β-amino-alcohol motifs (C(OH)–C–C–N with tert-alkyl or cyclic N) is 1. The van der Waals surface area contributed by atoms with Crippen molar-refractivity contribution in [1.29, 1.82) is 0 Å². The SMILES string of the molecule is CCC(O)(CC)CN1CCCC(C(C)N)C1. The van der Waals surface area contributed by atoms with Crippen LogP contribution >= 0.6 is 0 Å². The van der Waals surface area contributed by atoms with Crippen molar-refractivity contribution in [2.45, 2.75) is 58.1 Å². The number of aliphatic hydroxyl groups is 1. The minimum Gasteiger partial charge on any atom is -0.389 e. The second-order valence-electron chi connectivity index (χ2n) is 5.43. The van der Waals surface area contributed by atoms with Crippen LogP contribution in [0.5, 0.6) is 0 Å². The molecule has 16 heavy (non-hydrogen) atoms. The highest BCUT2D eigenvalue weighted by Gasteiger charge is 2.29. The number of piperidine rings is 1. The third-order valence-electron chi connectivity index (χ3n) is 4.12. The molecule has 2 atom stereocenters. The Morgan fingerprint density at radius 3 is 2.56 bits per heavy atom. The van der Waals surface area contributed by atoms with Crippen LogP contribution in [0.1, 0.15) is 46.5 Å². The molecule has 1 aliphatic heterocycles. The standard InChI is InChI=1S/C13H28N2O/c1-4-13(16,5-2)10-15-8-6-7-12(9-15)11(3)14/h11-12,16H,4-10,14H2,1-3H3. The van der Waals surface area contributed by atoms with E-state index in [1.807, 2.05) is 0 Å². The lowest BCUT2D eigenvalue weighted by molar-refractivity contribution is -0.0148. The summed E-state index contributed by atoms with van der Waals surface area (Å²) in [7, 11) is 0. The van der Waals surface area contributed by atoms with Crippen molar-refractivity contribution < 1.29 is 5.11 Å². The molecule has 1 rings (SSSR count). The summed E-state index contributed by atoms with van der Waals surface area (Å²) in [6, 6.07) is 0.277. The molecule has 0 saturated carbocycles. The predicted molar refractivity (Wildman–Crippen MR) is 68.3 cm³/mol. The van der Waals surface area contributed by atoms with Gasteiger partial charge in [0, 0.05) is 19.1 Å². The molecular formula is C13H28N2O. The van der Waals surface area contributed by atoms with Gasteiger partial charge in [-0.05, 0) is 45.1 Å². The molecule has 0 bridgehead atoms. The zero-order chi connectivity index (χ0) is 12.2. The molecule has 1 heterocycles. The second kappa shape index (κ2) is 5.99. The monoisotopic (exact) mass is 228 g/mol. The van der Waals surface area contributed by atoms with Crippen LogP contribution in [-0.4, -0.2) is 41.3 Å². The Morgan fingerprint density at radius 1 is 1.44 bits per heavy atom. The molecule has 1 fully saturated rings. The van der Waals surface area contributed by atoms with Gasteiger partial charge in [0.2, 0.25) is 0 Å². The van der Waals surface area contributed by atoms with E-state index in [2.05, 4.69) is 25.7 Å². The van der Waals surface area contributed by atoms with E-state index in [1.54, 1.807) is 0 Å². The fourth-order valence-electron chi connectivity index (χ4n) is 2.55. The predicted octanol–water partition coefficient (Wildman–Crippen LogP) is 1.60. The van der Waals surface area contributed by atoms with Gasteiger partial charge in [0.15, 0.2) is 0 Å². The van der Waals surface area contributed by atoms with E-state index >= 15 is 0 Å². The first-order chi connectivity index (χ1) is 7.50. The van der Waals surface area contributed by atoms with Crippen molar-refractivity contribution in [1.82, 2.24) is 4.90 Å². The fourth-order valence-corrected chi connectivity index (χ4v) is 2.55. The normalized spacial score (nSPS) is 25.7. The molecule has 0 amide bonds. The number of rotatable bonds is 5. The van der Waals surface area contributed by atoms with Crippen LogP contribution in [-0.2, 0) is 0 Å². The van der Waals surface area contributed by atoms with Crippen LogP contribution < -0.4 is 5.73 Å².